The van der Waals surface area contributed by atoms with E-state index in [2.05, 4.69) is 15.0 Å². The fraction of sp³-hybridized carbons (Fsp3) is 0.353. The number of rotatable bonds is 2. The van der Waals surface area contributed by atoms with Gasteiger partial charge in [0.2, 0.25) is 0 Å². The first-order chi connectivity index (χ1) is 11.6. The summed E-state index contributed by atoms with van der Waals surface area (Å²) in [5.41, 5.74) is 9.21. The number of fused-ring (bicyclic) bond motifs is 1. The van der Waals surface area contributed by atoms with Crippen molar-refractivity contribution >= 4 is 34.4 Å². The Labute approximate surface area is 149 Å². The Kier molecular flexibility index (Phi) is 4.16. The molecular formula is C17H17Cl2N5. The molecule has 1 aliphatic rings. The Hall–Kier alpha value is -1.69. The van der Waals surface area contributed by atoms with Gasteiger partial charge in [-0.1, -0.05) is 29.3 Å². The molecule has 4 rings (SSSR count). The molecule has 3 aromatic rings. The second-order valence-electron chi connectivity index (χ2n) is 6.27. The van der Waals surface area contributed by atoms with Crippen molar-refractivity contribution < 1.29 is 0 Å². The molecule has 24 heavy (non-hydrogen) atoms. The number of aromatic nitrogens is 4. The van der Waals surface area contributed by atoms with Crippen LogP contribution in [0.2, 0.25) is 10.0 Å². The summed E-state index contributed by atoms with van der Waals surface area (Å²) in [6, 6.07) is 5.82. The predicted molar refractivity (Wildman–Crippen MR) is 96.3 cm³/mol. The maximum atomic E-state index is 6.18. The van der Waals surface area contributed by atoms with Crippen molar-refractivity contribution in [2.45, 2.75) is 37.6 Å². The topological polar surface area (TPSA) is 80.5 Å². The van der Waals surface area contributed by atoms with Crippen molar-refractivity contribution in [2.75, 3.05) is 0 Å². The SMILES string of the molecule is NC1CCC(c2nc(-c3ccc(Cl)c(Cl)c3)c3[nH]cnc3n2)CC1. The fourth-order valence-electron chi connectivity index (χ4n) is 3.26. The summed E-state index contributed by atoms with van der Waals surface area (Å²) in [4.78, 5) is 16.9. The quantitative estimate of drug-likeness (QED) is 0.712. The lowest BCUT2D eigenvalue weighted by atomic mass is 9.86. The minimum absolute atomic E-state index is 0.296. The standard InChI is InChI=1S/C17H17Cl2N5/c18-12-6-3-10(7-13(12)19)14-15-17(22-8-21-15)24-16(23-14)9-1-4-11(20)5-2-9/h3,6-9,11H,1-2,4-5,20H2,(H,21,22,23,24). The number of nitrogens with two attached hydrogens (primary N) is 1. The number of benzene rings is 1. The van der Waals surface area contributed by atoms with E-state index in [1.807, 2.05) is 12.1 Å². The van der Waals surface area contributed by atoms with E-state index in [1.165, 1.54) is 0 Å². The van der Waals surface area contributed by atoms with Crippen LogP contribution in [0.1, 0.15) is 37.4 Å². The van der Waals surface area contributed by atoms with Gasteiger partial charge in [-0.3, -0.25) is 0 Å². The molecule has 0 bridgehead atoms. The molecule has 0 atom stereocenters. The summed E-state index contributed by atoms with van der Waals surface area (Å²) in [5, 5.41) is 1.03. The molecule has 0 saturated heterocycles. The zero-order chi connectivity index (χ0) is 16.7. The van der Waals surface area contributed by atoms with E-state index in [9.17, 15) is 0 Å². The Bertz CT molecular complexity index is 884. The van der Waals surface area contributed by atoms with Gasteiger partial charge < -0.3 is 10.7 Å². The first-order valence-corrected chi connectivity index (χ1v) is 8.79. The maximum Gasteiger partial charge on any atom is 0.181 e. The number of aromatic amines is 1. The molecule has 2 aromatic heterocycles. The molecule has 0 amide bonds. The number of nitrogens with zero attached hydrogens (tertiary/aromatic N) is 3. The van der Waals surface area contributed by atoms with Crippen molar-refractivity contribution in [3.8, 4) is 11.3 Å². The van der Waals surface area contributed by atoms with Crippen LogP contribution in [0.15, 0.2) is 24.5 Å². The van der Waals surface area contributed by atoms with E-state index in [4.69, 9.17) is 33.9 Å². The molecular weight excluding hydrogens is 345 g/mol. The highest BCUT2D eigenvalue weighted by Gasteiger charge is 2.24. The molecule has 7 heteroatoms. The highest BCUT2D eigenvalue weighted by molar-refractivity contribution is 6.42. The second kappa shape index (κ2) is 6.31. The van der Waals surface area contributed by atoms with Gasteiger partial charge in [0.1, 0.15) is 11.3 Å². The highest BCUT2D eigenvalue weighted by Crippen LogP contribution is 2.34. The van der Waals surface area contributed by atoms with Gasteiger partial charge in [-0.05, 0) is 37.8 Å². The van der Waals surface area contributed by atoms with Crippen LogP contribution in [0, 0.1) is 0 Å². The first kappa shape index (κ1) is 15.8. The van der Waals surface area contributed by atoms with E-state index < -0.39 is 0 Å². The number of imidazole rings is 1. The average molecular weight is 362 g/mol. The molecule has 124 valence electrons. The Morgan fingerprint density at radius 1 is 1.04 bits per heavy atom. The average Bonchev–Trinajstić information content (AvgIpc) is 3.06. The van der Waals surface area contributed by atoms with Crippen LogP contribution in [0.5, 0.6) is 0 Å². The number of H-pyrrole nitrogens is 1. The van der Waals surface area contributed by atoms with Crippen molar-refractivity contribution in [1.29, 1.82) is 0 Å². The van der Waals surface area contributed by atoms with Gasteiger partial charge in [-0.2, -0.15) is 0 Å². The summed E-state index contributed by atoms with van der Waals surface area (Å²) < 4.78 is 0. The number of hydrogen-bond acceptors (Lipinski definition) is 4. The van der Waals surface area contributed by atoms with E-state index in [0.717, 1.165) is 48.3 Å². The highest BCUT2D eigenvalue weighted by atomic mass is 35.5. The van der Waals surface area contributed by atoms with Crippen LogP contribution < -0.4 is 5.73 Å². The van der Waals surface area contributed by atoms with Gasteiger partial charge in [-0.15, -0.1) is 0 Å². The maximum absolute atomic E-state index is 6.18. The Morgan fingerprint density at radius 2 is 1.83 bits per heavy atom. The lowest BCUT2D eigenvalue weighted by molar-refractivity contribution is 0.385. The summed E-state index contributed by atoms with van der Waals surface area (Å²) >= 11 is 12.2. The molecule has 1 fully saturated rings. The minimum atomic E-state index is 0.296. The largest absolute Gasteiger partial charge is 0.341 e. The van der Waals surface area contributed by atoms with Crippen LogP contribution >= 0.6 is 23.2 Å². The molecule has 3 N–H and O–H groups in total. The van der Waals surface area contributed by atoms with Gasteiger partial charge in [0.15, 0.2) is 5.65 Å². The summed E-state index contributed by atoms with van der Waals surface area (Å²) in [5.74, 6) is 1.16. The first-order valence-electron chi connectivity index (χ1n) is 8.04. The van der Waals surface area contributed by atoms with Gasteiger partial charge in [-0.25, -0.2) is 15.0 Å². The summed E-state index contributed by atoms with van der Waals surface area (Å²) in [7, 11) is 0. The van der Waals surface area contributed by atoms with Gasteiger partial charge in [0, 0.05) is 17.5 Å². The number of nitrogens with one attached hydrogen (secondary N) is 1. The lowest BCUT2D eigenvalue weighted by Crippen LogP contribution is -2.26. The van der Waals surface area contributed by atoms with Crippen molar-refractivity contribution in [1.82, 2.24) is 19.9 Å². The number of halogens is 2. The van der Waals surface area contributed by atoms with Gasteiger partial charge >= 0.3 is 0 Å². The normalized spacial score (nSPS) is 21.3. The van der Waals surface area contributed by atoms with Crippen LogP contribution in [0.4, 0.5) is 0 Å². The molecule has 0 spiro atoms. The van der Waals surface area contributed by atoms with Crippen LogP contribution in [-0.4, -0.2) is 26.0 Å². The zero-order valence-corrected chi connectivity index (χ0v) is 14.5. The third-order valence-corrected chi connectivity index (χ3v) is 5.37. The molecule has 0 unspecified atom stereocenters. The smallest absolute Gasteiger partial charge is 0.181 e. The summed E-state index contributed by atoms with van der Waals surface area (Å²) in [6.45, 7) is 0. The van der Waals surface area contributed by atoms with Crippen LogP contribution in [0.25, 0.3) is 22.4 Å². The molecule has 1 aliphatic carbocycles. The lowest BCUT2D eigenvalue weighted by Gasteiger charge is -2.25. The number of hydrogen-bond donors (Lipinski definition) is 2. The Morgan fingerprint density at radius 3 is 2.58 bits per heavy atom. The van der Waals surface area contributed by atoms with Crippen LogP contribution in [-0.2, 0) is 0 Å². The zero-order valence-electron chi connectivity index (χ0n) is 13.0. The van der Waals surface area contributed by atoms with E-state index in [-0.39, 0.29) is 0 Å². The molecule has 5 nitrogen and oxygen atoms in total. The molecule has 1 saturated carbocycles. The van der Waals surface area contributed by atoms with E-state index in [0.29, 0.717) is 27.7 Å². The summed E-state index contributed by atoms with van der Waals surface area (Å²) in [6.07, 6.45) is 5.68. The Balaban J connectivity index is 1.82. The van der Waals surface area contributed by atoms with E-state index >= 15 is 0 Å². The molecule has 2 heterocycles. The van der Waals surface area contributed by atoms with Gasteiger partial charge in [0.25, 0.3) is 0 Å². The monoisotopic (exact) mass is 361 g/mol. The molecule has 0 radical (unpaired) electrons. The molecule has 0 aliphatic heterocycles. The van der Waals surface area contributed by atoms with Gasteiger partial charge in [0.05, 0.1) is 22.1 Å². The van der Waals surface area contributed by atoms with E-state index in [1.54, 1.807) is 12.4 Å². The van der Waals surface area contributed by atoms with Crippen molar-refractivity contribution in [2.24, 2.45) is 5.73 Å². The fourth-order valence-corrected chi connectivity index (χ4v) is 3.56. The minimum Gasteiger partial charge on any atom is -0.341 e. The van der Waals surface area contributed by atoms with Crippen LogP contribution in [0.3, 0.4) is 0 Å². The van der Waals surface area contributed by atoms with Crippen molar-refractivity contribution in [3.63, 3.8) is 0 Å². The predicted octanol–water partition coefficient (Wildman–Crippen LogP) is 4.31. The van der Waals surface area contributed by atoms with Crippen molar-refractivity contribution in [3.05, 3.63) is 40.4 Å². The molecule has 1 aromatic carbocycles. The third kappa shape index (κ3) is 2.88. The third-order valence-electron chi connectivity index (χ3n) is 4.63. The second-order valence-corrected chi connectivity index (χ2v) is 7.09.